The lowest BCUT2D eigenvalue weighted by Gasteiger charge is -1.86. The van der Waals surface area contributed by atoms with Crippen LogP contribution >= 0.6 is 22.9 Å². The average Bonchev–Trinajstić information content (AvgIpc) is 2.14. The number of hydrogen-bond acceptors (Lipinski definition) is 1. The molecule has 48 valence electrons. The van der Waals surface area contributed by atoms with Crippen LogP contribution in [0.5, 0.6) is 0 Å². The number of hydrogen-bond donors (Lipinski definition) is 0. The van der Waals surface area contributed by atoms with Crippen LogP contribution in [-0.4, -0.2) is 0 Å². The second-order valence-electron chi connectivity index (χ2n) is 1.91. The number of rotatable bonds is 1. The van der Waals surface area contributed by atoms with Crippen LogP contribution in [0.3, 0.4) is 0 Å². The Balaban J connectivity index is 2.98. The minimum absolute atomic E-state index is 0.804. The molecule has 0 amide bonds. The molecule has 1 aromatic heterocycles. The number of halogens is 1. The molecule has 0 radical (unpaired) electrons. The molecule has 0 unspecified atom stereocenters. The van der Waals surface area contributed by atoms with Crippen molar-refractivity contribution < 1.29 is 0 Å². The summed E-state index contributed by atoms with van der Waals surface area (Å²) in [5.41, 5.74) is 1.08. The van der Waals surface area contributed by atoms with Crippen molar-refractivity contribution in [2.75, 3.05) is 0 Å². The Kier molecular flexibility index (Phi) is 1.94. The zero-order valence-corrected chi connectivity index (χ0v) is 6.72. The summed E-state index contributed by atoms with van der Waals surface area (Å²) in [5.74, 6) is 0. The summed E-state index contributed by atoms with van der Waals surface area (Å²) < 4.78 is 0. The maximum atomic E-state index is 5.67. The fourth-order valence-electron chi connectivity index (χ4n) is 0.537. The highest BCUT2D eigenvalue weighted by Crippen LogP contribution is 2.24. The Bertz CT molecular complexity index is 225. The first-order chi connectivity index (χ1) is 4.20. The number of thiophene rings is 1. The van der Waals surface area contributed by atoms with Crippen molar-refractivity contribution in [2.24, 2.45) is 0 Å². The van der Waals surface area contributed by atoms with Crippen LogP contribution in [0.2, 0.25) is 5.02 Å². The van der Waals surface area contributed by atoms with Gasteiger partial charge in [0.05, 0.1) is 5.02 Å². The second kappa shape index (κ2) is 2.54. The van der Waals surface area contributed by atoms with Gasteiger partial charge >= 0.3 is 0 Å². The molecule has 0 aliphatic carbocycles. The Hall–Kier alpha value is -0.270. The van der Waals surface area contributed by atoms with Gasteiger partial charge < -0.3 is 0 Å². The Morgan fingerprint density at radius 2 is 2.44 bits per heavy atom. The first-order valence-electron chi connectivity index (χ1n) is 2.60. The highest BCUT2D eigenvalue weighted by atomic mass is 35.5. The van der Waals surface area contributed by atoms with Gasteiger partial charge in [-0.15, -0.1) is 11.3 Å². The van der Waals surface area contributed by atoms with Crippen molar-refractivity contribution in [3.05, 3.63) is 27.9 Å². The van der Waals surface area contributed by atoms with E-state index >= 15 is 0 Å². The molecule has 0 aromatic carbocycles. The highest BCUT2D eigenvalue weighted by Gasteiger charge is 1.95. The third kappa shape index (κ3) is 1.57. The Labute approximate surface area is 63.8 Å². The maximum absolute atomic E-state index is 5.67. The molecule has 0 fully saturated rings. The lowest BCUT2D eigenvalue weighted by atomic mass is 10.3. The Morgan fingerprint density at radius 1 is 1.78 bits per heavy atom. The largest absolute Gasteiger partial charge is 0.143 e. The monoisotopic (exact) mass is 158 g/mol. The summed E-state index contributed by atoms with van der Waals surface area (Å²) in [6.07, 6.45) is 0. The third-order valence-corrected chi connectivity index (χ3v) is 2.43. The smallest absolute Gasteiger partial charge is 0.0519 e. The molecule has 0 atom stereocenters. The van der Waals surface area contributed by atoms with Crippen LogP contribution < -0.4 is 0 Å². The van der Waals surface area contributed by atoms with E-state index in [4.69, 9.17) is 11.6 Å². The van der Waals surface area contributed by atoms with Crippen LogP contribution in [0.1, 0.15) is 11.8 Å². The van der Waals surface area contributed by atoms with E-state index in [2.05, 4.69) is 6.58 Å². The molecule has 0 bridgehead atoms. The van der Waals surface area contributed by atoms with Gasteiger partial charge in [0.2, 0.25) is 0 Å². The predicted molar refractivity (Wildman–Crippen MR) is 44.0 cm³/mol. The minimum Gasteiger partial charge on any atom is -0.143 e. The molecule has 0 nitrogen and oxygen atoms in total. The van der Waals surface area contributed by atoms with Crippen LogP contribution in [0.15, 0.2) is 18.0 Å². The zero-order chi connectivity index (χ0) is 6.85. The highest BCUT2D eigenvalue weighted by molar-refractivity contribution is 7.11. The van der Waals surface area contributed by atoms with Gasteiger partial charge in [-0.3, -0.25) is 0 Å². The molecule has 0 aliphatic rings. The maximum Gasteiger partial charge on any atom is 0.0519 e. The molecule has 1 rings (SSSR count). The van der Waals surface area contributed by atoms with Crippen LogP contribution in [0, 0.1) is 0 Å². The van der Waals surface area contributed by atoms with E-state index < -0.39 is 0 Å². The van der Waals surface area contributed by atoms with Gasteiger partial charge in [-0.2, -0.15) is 0 Å². The topological polar surface area (TPSA) is 0 Å². The molecule has 0 N–H and O–H groups in total. The van der Waals surface area contributed by atoms with Gasteiger partial charge in [0, 0.05) is 10.3 Å². The molecule has 1 heterocycles. The van der Waals surface area contributed by atoms with E-state index in [1.165, 1.54) is 4.88 Å². The zero-order valence-electron chi connectivity index (χ0n) is 5.15. The Morgan fingerprint density at radius 3 is 2.67 bits per heavy atom. The summed E-state index contributed by atoms with van der Waals surface area (Å²) in [6, 6.07) is 1.93. The van der Waals surface area contributed by atoms with Crippen LogP contribution in [0.4, 0.5) is 0 Å². The summed E-state index contributed by atoms with van der Waals surface area (Å²) in [6.45, 7) is 5.76. The van der Waals surface area contributed by atoms with E-state index in [1.807, 2.05) is 18.4 Å². The molecule has 0 saturated carbocycles. The lowest BCUT2D eigenvalue weighted by Crippen LogP contribution is -1.62. The van der Waals surface area contributed by atoms with E-state index in [9.17, 15) is 0 Å². The van der Waals surface area contributed by atoms with Crippen molar-refractivity contribution >= 4 is 28.5 Å². The van der Waals surface area contributed by atoms with Gasteiger partial charge in [0.25, 0.3) is 0 Å². The van der Waals surface area contributed by atoms with Crippen molar-refractivity contribution in [2.45, 2.75) is 6.92 Å². The molecular formula is C7H7ClS. The predicted octanol–water partition coefficient (Wildman–Crippen LogP) is 3.43. The molecular weight excluding hydrogens is 152 g/mol. The van der Waals surface area contributed by atoms with Gasteiger partial charge in [0.1, 0.15) is 0 Å². The molecule has 0 spiro atoms. The number of allylic oxidation sites excluding steroid dienone is 1. The quantitative estimate of drug-likeness (QED) is 0.588. The van der Waals surface area contributed by atoms with E-state index in [0.29, 0.717) is 0 Å². The molecule has 9 heavy (non-hydrogen) atoms. The summed E-state index contributed by atoms with van der Waals surface area (Å²) in [5, 5.41) is 2.71. The summed E-state index contributed by atoms with van der Waals surface area (Å²) >= 11 is 7.30. The van der Waals surface area contributed by atoms with Gasteiger partial charge in [0.15, 0.2) is 0 Å². The lowest BCUT2D eigenvalue weighted by molar-refractivity contribution is 1.74. The fraction of sp³-hybridized carbons (Fsp3) is 0.143. The molecule has 0 aliphatic heterocycles. The van der Waals surface area contributed by atoms with E-state index in [1.54, 1.807) is 11.3 Å². The SMILES string of the molecule is C=C(C)c1cc(Cl)cs1. The van der Waals surface area contributed by atoms with Crippen molar-refractivity contribution in [3.63, 3.8) is 0 Å². The van der Waals surface area contributed by atoms with Crippen LogP contribution in [0.25, 0.3) is 5.57 Å². The van der Waals surface area contributed by atoms with Crippen molar-refractivity contribution in [1.82, 2.24) is 0 Å². The minimum atomic E-state index is 0.804. The average molecular weight is 159 g/mol. The fourth-order valence-corrected chi connectivity index (χ4v) is 1.55. The second-order valence-corrected chi connectivity index (χ2v) is 3.26. The normalized spacial score (nSPS) is 9.56. The molecule has 0 saturated heterocycles. The first kappa shape index (κ1) is 6.84. The molecule has 2 heteroatoms. The van der Waals surface area contributed by atoms with Gasteiger partial charge in [-0.1, -0.05) is 18.2 Å². The van der Waals surface area contributed by atoms with Crippen molar-refractivity contribution in [1.29, 1.82) is 0 Å². The third-order valence-electron chi connectivity index (χ3n) is 0.988. The standard InChI is InChI=1S/C7H7ClS/c1-5(2)7-3-6(8)4-9-7/h3-4H,1H2,2H3. The summed E-state index contributed by atoms with van der Waals surface area (Å²) in [7, 11) is 0. The molecule has 1 aromatic rings. The van der Waals surface area contributed by atoms with Crippen molar-refractivity contribution in [3.8, 4) is 0 Å². The van der Waals surface area contributed by atoms with Gasteiger partial charge in [-0.05, 0) is 18.6 Å². The van der Waals surface area contributed by atoms with E-state index in [-0.39, 0.29) is 0 Å². The first-order valence-corrected chi connectivity index (χ1v) is 3.86. The van der Waals surface area contributed by atoms with Crippen LogP contribution in [-0.2, 0) is 0 Å². The summed E-state index contributed by atoms with van der Waals surface area (Å²) in [4.78, 5) is 1.17. The van der Waals surface area contributed by atoms with Gasteiger partial charge in [-0.25, -0.2) is 0 Å². The van der Waals surface area contributed by atoms with E-state index in [0.717, 1.165) is 10.6 Å².